The van der Waals surface area contributed by atoms with E-state index in [2.05, 4.69) is 10.4 Å². The number of morpholine rings is 1. The van der Waals surface area contributed by atoms with Gasteiger partial charge in [0.05, 0.1) is 18.2 Å². The van der Waals surface area contributed by atoms with Gasteiger partial charge in [0.1, 0.15) is 5.82 Å². The number of nitrogens with one attached hydrogen (secondary N) is 1. The minimum absolute atomic E-state index is 0.197. The van der Waals surface area contributed by atoms with Crippen LogP contribution in [0.4, 0.5) is 4.39 Å². The van der Waals surface area contributed by atoms with E-state index in [4.69, 9.17) is 16.3 Å². The van der Waals surface area contributed by atoms with Gasteiger partial charge in [0.15, 0.2) is 0 Å². The van der Waals surface area contributed by atoms with Gasteiger partial charge in [-0.25, -0.2) is 9.40 Å². The highest BCUT2D eigenvalue weighted by atomic mass is 35.5. The quantitative estimate of drug-likeness (QED) is 0.878. The Morgan fingerprint density at radius 1 is 1.38 bits per heavy atom. The lowest BCUT2D eigenvalue weighted by Crippen LogP contribution is -2.45. The van der Waals surface area contributed by atoms with E-state index in [0.717, 1.165) is 31.9 Å². The molecule has 0 bridgehead atoms. The molecule has 0 atom stereocenters. The molecule has 0 radical (unpaired) electrons. The van der Waals surface area contributed by atoms with E-state index >= 15 is 0 Å². The largest absolute Gasteiger partial charge is 0.379 e. The molecule has 1 fully saturated rings. The first-order chi connectivity index (χ1) is 7.77. The summed E-state index contributed by atoms with van der Waals surface area (Å²) < 4.78 is 18.4. The molecule has 3 nitrogen and oxygen atoms in total. The maximum Gasteiger partial charge on any atom is 0.142 e. The lowest BCUT2D eigenvalue weighted by molar-refractivity contribution is 0.0105. The van der Waals surface area contributed by atoms with Crippen molar-refractivity contribution in [2.45, 2.75) is 6.54 Å². The van der Waals surface area contributed by atoms with Crippen molar-refractivity contribution in [2.75, 3.05) is 26.3 Å². The van der Waals surface area contributed by atoms with Gasteiger partial charge < -0.3 is 4.74 Å². The standard InChI is InChI=1S/C11H14ClFN2O/c12-11-9(2-1-3-10(11)13)8-14-15-4-6-16-7-5-15/h1-3,14H,4-8H2. The normalized spacial score (nSPS) is 17.6. The zero-order chi connectivity index (χ0) is 11.4. The molecular weight excluding hydrogens is 231 g/mol. The third-order valence-electron chi connectivity index (χ3n) is 2.54. The van der Waals surface area contributed by atoms with Gasteiger partial charge in [-0.1, -0.05) is 23.7 Å². The van der Waals surface area contributed by atoms with Crippen LogP contribution in [0.15, 0.2) is 18.2 Å². The molecule has 1 aromatic carbocycles. The van der Waals surface area contributed by atoms with Crippen molar-refractivity contribution in [3.8, 4) is 0 Å². The van der Waals surface area contributed by atoms with Gasteiger partial charge in [-0.3, -0.25) is 5.43 Å². The summed E-state index contributed by atoms with van der Waals surface area (Å²) >= 11 is 5.85. The Morgan fingerprint density at radius 3 is 2.88 bits per heavy atom. The van der Waals surface area contributed by atoms with Gasteiger partial charge >= 0.3 is 0 Å². The van der Waals surface area contributed by atoms with Crippen molar-refractivity contribution in [1.82, 2.24) is 10.4 Å². The number of halogens is 2. The molecule has 0 aromatic heterocycles. The summed E-state index contributed by atoms with van der Waals surface area (Å²) in [7, 11) is 0. The highest BCUT2D eigenvalue weighted by molar-refractivity contribution is 6.31. The molecule has 0 unspecified atom stereocenters. The van der Waals surface area contributed by atoms with E-state index in [1.165, 1.54) is 6.07 Å². The first kappa shape index (κ1) is 11.8. The van der Waals surface area contributed by atoms with Crippen molar-refractivity contribution in [2.24, 2.45) is 0 Å². The third-order valence-corrected chi connectivity index (χ3v) is 2.96. The second-order valence-corrected chi connectivity index (χ2v) is 4.03. The number of ether oxygens (including phenoxy) is 1. The number of hydrazine groups is 1. The third kappa shape index (κ3) is 2.92. The monoisotopic (exact) mass is 244 g/mol. The molecule has 16 heavy (non-hydrogen) atoms. The van der Waals surface area contributed by atoms with Gasteiger partial charge in [-0.15, -0.1) is 0 Å². The van der Waals surface area contributed by atoms with Gasteiger partial charge in [-0.2, -0.15) is 0 Å². The Bertz CT molecular complexity index is 356. The molecule has 1 aromatic rings. The Morgan fingerprint density at radius 2 is 2.12 bits per heavy atom. The smallest absolute Gasteiger partial charge is 0.142 e. The van der Waals surface area contributed by atoms with Gasteiger partial charge in [0, 0.05) is 19.6 Å². The molecule has 1 aliphatic rings. The molecule has 88 valence electrons. The van der Waals surface area contributed by atoms with Crippen molar-refractivity contribution >= 4 is 11.6 Å². The van der Waals surface area contributed by atoms with Crippen LogP contribution in [0.3, 0.4) is 0 Å². The molecule has 0 spiro atoms. The fraction of sp³-hybridized carbons (Fsp3) is 0.455. The van der Waals surface area contributed by atoms with Crippen molar-refractivity contribution in [1.29, 1.82) is 0 Å². The lowest BCUT2D eigenvalue weighted by Gasteiger charge is -2.27. The first-order valence-electron chi connectivity index (χ1n) is 5.26. The molecule has 2 rings (SSSR count). The predicted molar refractivity (Wildman–Crippen MR) is 60.6 cm³/mol. The first-order valence-corrected chi connectivity index (χ1v) is 5.64. The SMILES string of the molecule is Fc1cccc(CNN2CCOCC2)c1Cl. The van der Waals surface area contributed by atoms with Crippen LogP contribution < -0.4 is 5.43 Å². The summed E-state index contributed by atoms with van der Waals surface area (Å²) in [5.74, 6) is -0.372. The van der Waals surface area contributed by atoms with E-state index in [1.807, 2.05) is 6.07 Å². The van der Waals surface area contributed by atoms with Crippen LogP contribution in [0.2, 0.25) is 5.02 Å². The van der Waals surface area contributed by atoms with Crippen LogP contribution in [0, 0.1) is 5.82 Å². The fourth-order valence-corrected chi connectivity index (χ4v) is 1.80. The average molecular weight is 245 g/mol. The maximum atomic E-state index is 13.2. The van der Waals surface area contributed by atoms with Crippen LogP contribution in [0.5, 0.6) is 0 Å². The Kier molecular flexibility index (Phi) is 4.12. The van der Waals surface area contributed by atoms with Crippen molar-refractivity contribution in [3.05, 3.63) is 34.6 Å². The Balaban J connectivity index is 1.91. The summed E-state index contributed by atoms with van der Waals surface area (Å²) in [6.07, 6.45) is 0. The summed E-state index contributed by atoms with van der Waals surface area (Å²) in [6, 6.07) is 4.84. The molecule has 0 saturated carbocycles. The van der Waals surface area contributed by atoms with Crippen molar-refractivity contribution < 1.29 is 9.13 Å². The van der Waals surface area contributed by atoms with Crippen LogP contribution in [0.1, 0.15) is 5.56 Å². The molecular formula is C11H14ClFN2O. The molecule has 1 N–H and O–H groups in total. The summed E-state index contributed by atoms with van der Waals surface area (Å²) in [4.78, 5) is 0. The Hall–Kier alpha value is -0.680. The van der Waals surface area contributed by atoms with Crippen LogP contribution in [-0.2, 0) is 11.3 Å². The summed E-state index contributed by atoms with van der Waals surface area (Å²) in [5.41, 5.74) is 3.98. The molecule has 1 aliphatic heterocycles. The Labute approximate surface area is 99.1 Å². The van der Waals surface area contributed by atoms with E-state index in [9.17, 15) is 4.39 Å². The van der Waals surface area contributed by atoms with Gasteiger partial charge in [0.2, 0.25) is 0 Å². The van der Waals surface area contributed by atoms with Crippen molar-refractivity contribution in [3.63, 3.8) is 0 Å². The zero-order valence-electron chi connectivity index (χ0n) is 8.88. The number of hydrogen-bond donors (Lipinski definition) is 1. The number of hydrogen-bond acceptors (Lipinski definition) is 3. The molecule has 1 heterocycles. The number of rotatable bonds is 3. The van der Waals surface area contributed by atoms with E-state index in [-0.39, 0.29) is 10.8 Å². The average Bonchev–Trinajstić information content (AvgIpc) is 2.32. The highest BCUT2D eigenvalue weighted by Gasteiger charge is 2.11. The van der Waals surface area contributed by atoms with Crippen LogP contribution in [-0.4, -0.2) is 31.3 Å². The van der Waals surface area contributed by atoms with Crippen LogP contribution in [0.25, 0.3) is 0 Å². The second-order valence-electron chi connectivity index (χ2n) is 3.65. The molecule has 0 amide bonds. The van der Waals surface area contributed by atoms with Gasteiger partial charge in [-0.05, 0) is 11.6 Å². The van der Waals surface area contributed by atoms with E-state index in [0.29, 0.717) is 6.54 Å². The van der Waals surface area contributed by atoms with E-state index < -0.39 is 0 Å². The number of nitrogens with zero attached hydrogens (tertiary/aromatic N) is 1. The maximum absolute atomic E-state index is 13.2. The van der Waals surface area contributed by atoms with Gasteiger partial charge in [0.25, 0.3) is 0 Å². The summed E-state index contributed by atoms with van der Waals surface area (Å²) in [6.45, 7) is 3.67. The minimum atomic E-state index is -0.372. The summed E-state index contributed by atoms with van der Waals surface area (Å²) in [5, 5.41) is 2.26. The lowest BCUT2D eigenvalue weighted by atomic mass is 10.2. The van der Waals surface area contributed by atoms with E-state index in [1.54, 1.807) is 6.07 Å². The molecule has 0 aliphatic carbocycles. The minimum Gasteiger partial charge on any atom is -0.379 e. The fourth-order valence-electron chi connectivity index (χ4n) is 1.60. The van der Waals surface area contributed by atoms with Crippen LogP contribution >= 0.6 is 11.6 Å². The predicted octanol–water partition coefficient (Wildman–Crippen LogP) is 1.82. The molecule has 1 saturated heterocycles. The second kappa shape index (κ2) is 5.59. The zero-order valence-corrected chi connectivity index (χ0v) is 9.63. The number of benzene rings is 1. The highest BCUT2D eigenvalue weighted by Crippen LogP contribution is 2.19. The molecule has 5 heteroatoms. The topological polar surface area (TPSA) is 24.5 Å².